The molecule has 236 valence electrons. The Labute approximate surface area is 267 Å². The van der Waals surface area contributed by atoms with Crippen LogP contribution in [0.1, 0.15) is 5.69 Å². The van der Waals surface area contributed by atoms with E-state index >= 15 is 0 Å². The molecule has 10 nitrogen and oxygen atoms in total. The van der Waals surface area contributed by atoms with Crippen LogP contribution in [0.4, 0.5) is 5.69 Å². The highest BCUT2D eigenvalue weighted by Crippen LogP contribution is 2.23. The number of aryl methyl sites for hydroxylation is 1. The van der Waals surface area contributed by atoms with Gasteiger partial charge in [0.2, 0.25) is 6.41 Å². The molecular formula is C33H41BrN4O6. The molecule has 0 saturated heterocycles. The van der Waals surface area contributed by atoms with Gasteiger partial charge in [0.1, 0.15) is 12.4 Å². The van der Waals surface area contributed by atoms with Crippen LogP contribution in [-0.2, 0) is 23.7 Å². The van der Waals surface area contributed by atoms with E-state index in [1.807, 2.05) is 35.0 Å². The fraction of sp³-hybridized carbons (Fsp3) is 0.333. The van der Waals surface area contributed by atoms with Crippen LogP contribution < -0.4 is 15.8 Å². The SMILES string of the molecule is Cc1cc(-c2ccc(Br)cc2)nn1-c1ccccc1.NCCOCCOCCOCCOCCOc1ccc(NC=O)cc1. The summed E-state index contributed by atoms with van der Waals surface area (Å²) >= 11 is 3.45. The summed E-state index contributed by atoms with van der Waals surface area (Å²) in [4.78, 5) is 10.3. The van der Waals surface area contributed by atoms with E-state index in [1.165, 1.54) is 0 Å². The lowest BCUT2D eigenvalue weighted by atomic mass is 10.1. The number of rotatable bonds is 19. The van der Waals surface area contributed by atoms with Crippen molar-refractivity contribution in [2.75, 3.05) is 71.3 Å². The monoisotopic (exact) mass is 668 g/mol. The molecule has 0 radical (unpaired) electrons. The van der Waals surface area contributed by atoms with Crippen molar-refractivity contribution in [2.24, 2.45) is 5.73 Å². The maximum atomic E-state index is 10.3. The van der Waals surface area contributed by atoms with E-state index in [1.54, 1.807) is 24.3 Å². The highest BCUT2D eigenvalue weighted by molar-refractivity contribution is 9.10. The van der Waals surface area contributed by atoms with Gasteiger partial charge < -0.3 is 34.7 Å². The molecule has 0 aliphatic carbocycles. The lowest BCUT2D eigenvalue weighted by molar-refractivity contribution is -0.105. The minimum Gasteiger partial charge on any atom is -0.491 e. The average Bonchev–Trinajstić information content (AvgIpc) is 3.44. The molecule has 4 rings (SSSR count). The van der Waals surface area contributed by atoms with Gasteiger partial charge in [-0.2, -0.15) is 5.10 Å². The summed E-state index contributed by atoms with van der Waals surface area (Å²) in [7, 11) is 0. The van der Waals surface area contributed by atoms with Gasteiger partial charge in [-0.1, -0.05) is 46.3 Å². The largest absolute Gasteiger partial charge is 0.491 e. The van der Waals surface area contributed by atoms with E-state index in [4.69, 9.17) is 29.4 Å². The van der Waals surface area contributed by atoms with Crippen LogP contribution in [0.2, 0.25) is 0 Å². The minimum absolute atomic E-state index is 0.451. The molecule has 3 aromatic carbocycles. The quantitative estimate of drug-likeness (QED) is 0.103. The lowest BCUT2D eigenvalue weighted by Gasteiger charge is -2.09. The first-order valence-electron chi connectivity index (χ1n) is 14.4. The number of amides is 1. The standard InChI is InChI=1S/C17H28N2O6.C16H13BrN2/c18-5-6-21-7-8-22-9-10-23-11-12-24-13-14-25-17-3-1-16(2-4-17)19-15-20;1-12-11-16(13-7-9-14(17)10-8-13)18-19(12)15-5-3-2-4-6-15/h1-4,15H,5-14,18H2,(H,19,20);2-11H,1H3. The Bertz CT molecular complexity index is 1320. The molecule has 0 spiro atoms. The van der Waals surface area contributed by atoms with Crippen LogP contribution in [0.15, 0.2) is 89.4 Å². The van der Waals surface area contributed by atoms with Gasteiger partial charge in [-0.3, -0.25) is 4.79 Å². The number of nitrogens with zero attached hydrogens (tertiary/aromatic N) is 2. The Morgan fingerprint density at radius 3 is 1.91 bits per heavy atom. The average molecular weight is 670 g/mol. The number of halogens is 1. The fourth-order valence-corrected chi connectivity index (χ4v) is 4.11. The van der Waals surface area contributed by atoms with E-state index in [0.717, 1.165) is 38.5 Å². The summed E-state index contributed by atoms with van der Waals surface area (Å²) in [6.07, 6.45) is 0.635. The molecule has 0 atom stereocenters. The molecule has 0 bridgehead atoms. The van der Waals surface area contributed by atoms with Crippen molar-refractivity contribution in [1.29, 1.82) is 0 Å². The Balaban J connectivity index is 0.000000248. The highest BCUT2D eigenvalue weighted by atomic mass is 79.9. The zero-order valence-corrected chi connectivity index (χ0v) is 26.6. The number of para-hydroxylation sites is 1. The summed E-state index contributed by atoms with van der Waals surface area (Å²) in [5.74, 6) is 0.726. The van der Waals surface area contributed by atoms with Crippen LogP contribution in [0.25, 0.3) is 16.9 Å². The first-order valence-corrected chi connectivity index (χ1v) is 15.2. The van der Waals surface area contributed by atoms with Crippen molar-refractivity contribution in [2.45, 2.75) is 6.92 Å². The summed E-state index contributed by atoms with van der Waals surface area (Å²) < 4.78 is 29.8. The predicted molar refractivity (Wildman–Crippen MR) is 175 cm³/mol. The highest BCUT2D eigenvalue weighted by Gasteiger charge is 2.07. The maximum absolute atomic E-state index is 10.3. The number of aromatic nitrogens is 2. The van der Waals surface area contributed by atoms with Crippen molar-refractivity contribution >= 4 is 28.0 Å². The second-order valence-corrected chi connectivity index (χ2v) is 10.2. The zero-order valence-electron chi connectivity index (χ0n) is 25.0. The van der Waals surface area contributed by atoms with Crippen LogP contribution in [0.5, 0.6) is 5.75 Å². The molecule has 11 heteroatoms. The third kappa shape index (κ3) is 13.4. The lowest BCUT2D eigenvalue weighted by Crippen LogP contribution is -2.15. The van der Waals surface area contributed by atoms with Gasteiger partial charge in [0.25, 0.3) is 0 Å². The molecule has 0 fully saturated rings. The first-order chi connectivity index (χ1) is 21.6. The predicted octanol–water partition coefficient (Wildman–Crippen LogP) is 5.27. The van der Waals surface area contributed by atoms with Crippen LogP contribution in [0, 0.1) is 6.92 Å². The molecule has 0 aliphatic rings. The van der Waals surface area contributed by atoms with Crippen molar-refractivity contribution < 1.29 is 28.5 Å². The second-order valence-electron chi connectivity index (χ2n) is 9.30. The zero-order chi connectivity index (χ0) is 31.2. The summed E-state index contributed by atoms with van der Waals surface area (Å²) in [5, 5.41) is 7.24. The Morgan fingerprint density at radius 1 is 0.773 bits per heavy atom. The number of nitrogens with one attached hydrogen (secondary N) is 1. The molecule has 0 aliphatic heterocycles. The van der Waals surface area contributed by atoms with Crippen LogP contribution in [-0.4, -0.2) is 82.2 Å². The molecule has 0 saturated carbocycles. The van der Waals surface area contributed by atoms with E-state index in [9.17, 15) is 4.79 Å². The molecule has 4 aromatic rings. The molecule has 1 heterocycles. The van der Waals surface area contributed by atoms with Gasteiger partial charge in [0, 0.05) is 28.0 Å². The summed E-state index contributed by atoms with van der Waals surface area (Å²) in [6, 6.07) is 27.6. The normalized spacial score (nSPS) is 10.6. The van der Waals surface area contributed by atoms with E-state index in [0.29, 0.717) is 72.4 Å². The molecule has 3 N–H and O–H groups in total. The smallest absolute Gasteiger partial charge is 0.211 e. The molecule has 44 heavy (non-hydrogen) atoms. The molecule has 1 amide bonds. The second kappa shape index (κ2) is 21.2. The Kier molecular flexibility index (Phi) is 16.8. The van der Waals surface area contributed by atoms with Gasteiger partial charge in [-0.05, 0) is 61.5 Å². The van der Waals surface area contributed by atoms with Gasteiger partial charge in [-0.25, -0.2) is 4.68 Å². The van der Waals surface area contributed by atoms with E-state index in [-0.39, 0.29) is 0 Å². The number of nitrogens with two attached hydrogens (primary N) is 1. The number of ether oxygens (including phenoxy) is 5. The van der Waals surface area contributed by atoms with Crippen molar-refractivity contribution in [3.05, 3.63) is 95.1 Å². The van der Waals surface area contributed by atoms with E-state index < -0.39 is 0 Å². The number of carbonyl (C=O) groups excluding carboxylic acids is 1. The van der Waals surface area contributed by atoms with Crippen molar-refractivity contribution in [3.63, 3.8) is 0 Å². The topological polar surface area (TPSA) is 119 Å². The van der Waals surface area contributed by atoms with Crippen LogP contribution in [0.3, 0.4) is 0 Å². The van der Waals surface area contributed by atoms with E-state index in [2.05, 4.69) is 63.6 Å². The Hall–Kier alpha value is -3.58. The minimum atomic E-state index is 0.451. The molecule has 0 unspecified atom stereocenters. The van der Waals surface area contributed by atoms with Gasteiger partial charge in [0.05, 0.1) is 64.2 Å². The number of benzene rings is 3. The van der Waals surface area contributed by atoms with Gasteiger partial charge >= 0.3 is 0 Å². The van der Waals surface area contributed by atoms with Crippen molar-refractivity contribution in [3.8, 4) is 22.7 Å². The molecular weight excluding hydrogens is 628 g/mol. The fourth-order valence-electron chi connectivity index (χ4n) is 3.85. The van der Waals surface area contributed by atoms with Gasteiger partial charge in [0.15, 0.2) is 0 Å². The summed E-state index contributed by atoms with van der Waals surface area (Å²) in [6.45, 7) is 7.26. The Morgan fingerprint density at radius 2 is 1.34 bits per heavy atom. The number of hydrogen-bond acceptors (Lipinski definition) is 8. The molecule has 1 aromatic heterocycles. The number of hydrogen-bond donors (Lipinski definition) is 2. The third-order valence-electron chi connectivity index (χ3n) is 5.98. The summed E-state index contributed by atoms with van der Waals surface area (Å²) in [5.41, 5.74) is 10.4. The third-order valence-corrected chi connectivity index (χ3v) is 6.51. The first kappa shape index (κ1) is 34.9. The number of carbonyl (C=O) groups is 1. The van der Waals surface area contributed by atoms with Gasteiger partial charge in [-0.15, -0.1) is 0 Å². The van der Waals surface area contributed by atoms with Crippen LogP contribution >= 0.6 is 15.9 Å². The maximum Gasteiger partial charge on any atom is 0.211 e. The number of anilines is 1. The van der Waals surface area contributed by atoms with Crippen molar-refractivity contribution in [1.82, 2.24) is 9.78 Å².